The molecule has 1 aromatic carbocycles. The van der Waals surface area contributed by atoms with E-state index in [1.807, 2.05) is 18.2 Å². The van der Waals surface area contributed by atoms with Gasteiger partial charge in [-0.15, -0.1) is 12.4 Å². The van der Waals surface area contributed by atoms with Gasteiger partial charge in [-0.25, -0.2) is 0 Å². The fourth-order valence-electron chi connectivity index (χ4n) is 2.39. The Morgan fingerprint density at radius 2 is 2.28 bits per heavy atom. The summed E-state index contributed by atoms with van der Waals surface area (Å²) < 4.78 is 5.23. The molecular formula is C13H20Cl2N2O. The second-order valence-corrected chi connectivity index (χ2v) is 4.87. The molecule has 0 aliphatic carbocycles. The molecule has 18 heavy (non-hydrogen) atoms. The molecule has 1 heterocycles. The van der Waals surface area contributed by atoms with Crippen LogP contribution in [0, 0.1) is 0 Å². The molecule has 5 heteroatoms. The van der Waals surface area contributed by atoms with Crippen molar-refractivity contribution >= 4 is 24.0 Å². The minimum atomic E-state index is 0. The van der Waals surface area contributed by atoms with Gasteiger partial charge < -0.3 is 10.5 Å². The Morgan fingerprint density at radius 1 is 1.50 bits per heavy atom. The first kappa shape index (κ1) is 15.6. The monoisotopic (exact) mass is 290 g/mol. The highest BCUT2D eigenvalue weighted by Gasteiger charge is 2.23. The molecular weight excluding hydrogens is 271 g/mol. The fraction of sp³-hybridized carbons (Fsp3) is 0.538. The lowest BCUT2D eigenvalue weighted by Gasteiger charge is -2.23. The van der Waals surface area contributed by atoms with Gasteiger partial charge in [0.25, 0.3) is 0 Å². The maximum absolute atomic E-state index is 6.21. The van der Waals surface area contributed by atoms with Gasteiger partial charge in [-0.3, -0.25) is 4.90 Å². The average molecular weight is 291 g/mol. The summed E-state index contributed by atoms with van der Waals surface area (Å²) in [5.41, 5.74) is 6.89. The second kappa shape index (κ2) is 7.19. The van der Waals surface area contributed by atoms with Crippen molar-refractivity contribution in [3.63, 3.8) is 0 Å². The third-order valence-corrected chi connectivity index (χ3v) is 3.77. The lowest BCUT2D eigenvalue weighted by molar-refractivity contribution is 0.250. The van der Waals surface area contributed by atoms with Crippen molar-refractivity contribution < 1.29 is 4.74 Å². The van der Waals surface area contributed by atoms with Crippen molar-refractivity contribution in [1.82, 2.24) is 4.90 Å². The van der Waals surface area contributed by atoms with Gasteiger partial charge in [0.2, 0.25) is 0 Å². The van der Waals surface area contributed by atoms with Crippen LogP contribution in [0.4, 0.5) is 0 Å². The summed E-state index contributed by atoms with van der Waals surface area (Å²) in [6.07, 6.45) is 2.42. The first-order valence-corrected chi connectivity index (χ1v) is 6.39. The van der Waals surface area contributed by atoms with Crippen LogP contribution >= 0.6 is 24.0 Å². The van der Waals surface area contributed by atoms with Gasteiger partial charge in [-0.1, -0.05) is 11.6 Å². The Labute approximate surface area is 120 Å². The van der Waals surface area contributed by atoms with Gasteiger partial charge in [-0.2, -0.15) is 0 Å². The van der Waals surface area contributed by atoms with Crippen molar-refractivity contribution in [2.45, 2.75) is 25.4 Å². The molecule has 1 unspecified atom stereocenters. The topological polar surface area (TPSA) is 38.5 Å². The Bertz CT molecular complexity index is 387. The first-order chi connectivity index (χ1) is 8.24. The molecule has 2 N–H and O–H groups in total. The predicted octanol–water partition coefficient (Wildman–Crippen LogP) is 2.69. The van der Waals surface area contributed by atoms with Crippen LogP contribution in [-0.4, -0.2) is 31.1 Å². The number of likely N-dealkylation sites (tertiary alicyclic amines) is 1. The highest BCUT2D eigenvalue weighted by molar-refractivity contribution is 6.31. The fourth-order valence-corrected chi connectivity index (χ4v) is 2.57. The highest BCUT2D eigenvalue weighted by Crippen LogP contribution is 2.26. The molecule has 1 aromatic rings. The summed E-state index contributed by atoms with van der Waals surface area (Å²) in [7, 11) is 1.67. The molecule has 0 radical (unpaired) electrons. The van der Waals surface area contributed by atoms with Crippen LogP contribution in [0.25, 0.3) is 0 Å². The first-order valence-electron chi connectivity index (χ1n) is 6.01. The lowest BCUT2D eigenvalue weighted by Crippen LogP contribution is -2.34. The van der Waals surface area contributed by atoms with Crippen molar-refractivity contribution in [3.8, 4) is 5.75 Å². The maximum atomic E-state index is 6.21. The molecule has 1 atom stereocenters. The molecule has 1 aliphatic heterocycles. The molecule has 2 rings (SSSR count). The lowest BCUT2D eigenvalue weighted by atomic mass is 10.1. The highest BCUT2D eigenvalue weighted by atomic mass is 35.5. The Kier molecular flexibility index (Phi) is 6.22. The largest absolute Gasteiger partial charge is 0.497 e. The number of rotatable bonds is 4. The maximum Gasteiger partial charge on any atom is 0.119 e. The third kappa shape index (κ3) is 3.51. The number of ether oxygens (including phenoxy) is 1. The Balaban J connectivity index is 0.00000162. The Morgan fingerprint density at radius 3 is 2.94 bits per heavy atom. The minimum absolute atomic E-state index is 0. The molecule has 0 spiro atoms. The number of hydrogen-bond acceptors (Lipinski definition) is 3. The van der Waals surface area contributed by atoms with E-state index >= 15 is 0 Å². The molecule has 0 bridgehead atoms. The van der Waals surface area contributed by atoms with Crippen LogP contribution in [0.2, 0.25) is 5.02 Å². The van der Waals surface area contributed by atoms with Gasteiger partial charge in [0.1, 0.15) is 5.75 Å². The van der Waals surface area contributed by atoms with Crippen LogP contribution in [-0.2, 0) is 6.54 Å². The SMILES string of the molecule is COc1ccc(Cl)c(CN2CCCC2CN)c1.Cl. The van der Waals surface area contributed by atoms with Gasteiger partial charge >= 0.3 is 0 Å². The summed E-state index contributed by atoms with van der Waals surface area (Å²) >= 11 is 6.21. The Hall–Kier alpha value is -0.480. The van der Waals surface area contributed by atoms with E-state index in [1.54, 1.807) is 7.11 Å². The molecule has 3 nitrogen and oxygen atoms in total. The van der Waals surface area contributed by atoms with Crippen LogP contribution in [0.5, 0.6) is 5.75 Å². The number of methoxy groups -OCH3 is 1. The molecule has 102 valence electrons. The van der Waals surface area contributed by atoms with E-state index in [4.69, 9.17) is 22.1 Å². The van der Waals surface area contributed by atoms with Crippen molar-refractivity contribution in [3.05, 3.63) is 28.8 Å². The van der Waals surface area contributed by atoms with Crippen LogP contribution < -0.4 is 10.5 Å². The van der Waals surface area contributed by atoms with Gasteiger partial charge in [0.15, 0.2) is 0 Å². The number of nitrogens with zero attached hydrogens (tertiary/aromatic N) is 1. The summed E-state index contributed by atoms with van der Waals surface area (Å²) in [5, 5.41) is 0.800. The summed E-state index contributed by atoms with van der Waals surface area (Å²) in [6, 6.07) is 6.28. The van der Waals surface area contributed by atoms with Crippen LogP contribution in [0.15, 0.2) is 18.2 Å². The number of hydrogen-bond donors (Lipinski definition) is 1. The third-order valence-electron chi connectivity index (χ3n) is 3.40. The van der Waals surface area contributed by atoms with E-state index in [0.29, 0.717) is 6.04 Å². The van der Waals surface area contributed by atoms with E-state index in [0.717, 1.165) is 36.0 Å². The zero-order valence-corrected chi connectivity index (χ0v) is 12.1. The minimum Gasteiger partial charge on any atom is -0.497 e. The van der Waals surface area contributed by atoms with Gasteiger partial charge in [0.05, 0.1) is 7.11 Å². The van der Waals surface area contributed by atoms with E-state index in [9.17, 15) is 0 Å². The quantitative estimate of drug-likeness (QED) is 0.927. The van der Waals surface area contributed by atoms with Crippen molar-refractivity contribution in [1.29, 1.82) is 0 Å². The summed E-state index contributed by atoms with van der Waals surface area (Å²) in [5.74, 6) is 0.855. The molecule has 1 fully saturated rings. The molecule has 0 aromatic heterocycles. The molecule has 0 amide bonds. The average Bonchev–Trinajstić information content (AvgIpc) is 2.79. The molecule has 1 aliphatic rings. The molecule has 0 saturated carbocycles. The number of halogens is 2. The zero-order valence-electron chi connectivity index (χ0n) is 10.6. The zero-order chi connectivity index (χ0) is 12.3. The van der Waals surface area contributed by atoms with Gasteiger partial charge in [-0.05, 0) is 43.1 Å². The van der Waals surface area contributed by atoms with E-state index in [2.05, 4.69) is 4.90 Å². The normalized spacial score (nSPS) is 19.6. The van der Waals surface area contributed by atoms with Crippen LogP contribution in [0.1, 0.15) is 18.4 Å². The van der Waals surface area contributed by atoms with Crippen molar-refractivity contribution in [2.75, 3.05) is 20.2 Å². The summed E-state index contributed by atoms with van der Waals surface area (Å²) in [4.78, 5) is 2.40. The van der Waals surface area contributed by atoms with Gasteiger partial charge in [0, 0.05) is 24.2 Å². The number of benzene rings is 1. The van der Waals surface area contributed by atoms with E-state index < -0.39 is 0 Å². The predicted molar refractivity (Wildman–Crippen MR) is 77.7 cm³/mol. The second-order valence-electron chi connectivity index (χ2n) is 4.46. The summed E-state index contributed by atoms with van der Waals surface area (Å²) in [6.45, 7) is 2.69. The standard InChI is InChI=1S/C13H19ClN2O.ClH/c1-17-12-4-5-13(14)10(7-12)9-16-6-2-3-11(16)8-15;/h4-5,7,11H,2-3,6,8-9,15H2,1H3;1H. The molecule has 1 saturated heterocycles. The van der Waals surface area contributed by atoms with Crippen LogP contribution in [0.3, 0.4) is 0 Å². The smallest absolute Gasteiger partial charge is 0.119 e. The van der Waals surface area contributed by atoms with E-state index in [1.165, 1.54) is 12.8 Å². The number of nitrogens with two attached hydrogens (primary N) is 1. The van der Waals surface area contributed by atoms with Crippen molar-refractivity contribution in [2.24, 2.45) is 5.73 Å². The van der Waals surface area contributed by atoms with E-state index in [-0.39, 0.29) is 12.4 Å².